The minimum Gasteiger partial charge on any atom is -0.724 e. The Hall–Kier alpha value is -6.63. The van der Waals surface area contributed by atoms with Gasteiger partial charge in [0.1, 0.15) is 35.3 Å². The molecule has 3 amide bonds. The van der Waals surface area contributed by atoms with Crippen molar-refractivity contribution in [2.75, 3.05) is 6.54 Å². The Balaban J connectivity index is 0.000000227. The lowest BCUT2D eigenvalue weighted by molar-refractivity contribution is -0.124. The minimum atomic E-state index is -5.19. The molecule has 0 radical (unpaired) electrons. The maximum atomic E-state index is 13.3. The van der Waals surface area contributed by atoms with E-state index in [2.05, 4.69) is 119 Å². The van der Waals surface area contributed by atoms with Crippen LogP contribution in [0.5, 0.6) is 0 Å². The third-order valence-electron chi connectivity index (χ3n) is 10.8. The molecule has 322 valence electrons. The molecule has 6 aromatic rings. The zero-order valence-electron chi connectivity index (χ0n) is 34.9. The van der Waals surface area contributed by atoms with E-state index in [1.807, 2.05) is 60.7 Å². The minimum absolute atomic E-state index is 0.0387. The fourth-order valence-corrected chi connectivity index (χ4v) is 11.9. The normalized spacial score (nSPS) is 16.1. The first-order valence-electron chi connectivity index (χ1n) is 20.3. The molecule has 5 aromatic carbocycles. The third kappa shape index (κ3) is 10.0. The number of amides is 3. The number of allylic oxidation sites excluding steroid dienone is 1. The molecule has 12 nitrogen and oxygen atoms in total. The van der Waals surface area contributed by atoms with Gasteiger partial charge in [-0.1, -0.05) is 127 Å². The van der Waals surface area contributed by atoms with E-state index in [0.29, 0.717) is 21.9 Å². The number of carbonyl (C=O) groups is 2. The molecule has 2 aliphatic rings. The van der Waals surface area contributed by atoms with E-state index in [0.717, 1.165) is 16.0 Å². The fraction of sp³-hybridized carbons (Fsp3) is 0.163. The van der Waals surface area contributed by atoms with Crippen molar-refractivity contribution >= 4 is 45.5 Å². The van der Waals surface area contributed by atoms with Gasteiger partial charge in [-0.25, -0.2) is 13.2 Å². The maximum Gasteiger partial charge on any atom is 0.346 e. The molecule has 2 aliphatic heterocycles. The second kappa shape index (κ2) is 19.6. The largest absolute Gasteiger partial charge is 0.724 e. The summed E-state index contributed by atoms with van der Waals surface area (Å²) < 4.78 is 39.1. The topological polar surface area (TPSA) is 150 Å². The number of hydroxylamine groups is 2. The molecule has 2 bridgehead atoms. The first-order valence-corrected chi connectivity index (χ1v) is 23.5. The summed E-state index contributed by atoms with van der Waals surface area (Å²) in [7, 11) is -6.93. The molecule has 2 atom stereocenters. The number of fused-ring (bicyclic) bond motifs is 2. The molecule has 0 spiro atoms. The summed E-state index contributed by atoms with van der Waals surface area (Å²) in [5.74, 6) is 1.83. The van der Waals surface area contributed by atoms with E-state index < -0.39 is 47.8 Å². The molecule has 14 heteroatoms. The summed E-state index contributed by atoms with van der Waals surface area (Å²) in [6.45, 7) is 5.22. The molecule has 0 saturated carbocycles. The van der Waals surface area contributed by atoms with Gasteiger partial charge in [0.2, 0.25) is 16.3 Å². The second-order valence-corrected chi connectivity index (χ2v) is 19.2. The Morgan fingerprint density at radius 1 is 0.794 bits per heavy atom. The first-order chi connectivity index (χ1) is 30.4. The van der Waals surface area contributed by atoms with E-state index >= 15 is 0 Å². The van der Waals surface area contributed by atoms with Gasteiger partial charge in [-0.2, -0.15) is 14.1 Å². The Morgan fingerprint density at radius 3 is 1.73 bits per heavy atom. The van der Waals surface area contributed by atoms with Crippen LogP contribution in [0.3, 0.4) is 0 Å². The summed E-state index contributed by atoms with van der Waals surface area (Å²) in [6, 6.07) is 50.3. The molecule has 1 N–H and O–H groups in total. The SMILES string of the molecule is C/C=C/[P+](c1ccccc1)(c1ccccc1)c1ccccc1.CC1=C[C@@H](C(=O)NCc2cc(=O)c(C)cn2OC(c2ccccc2)c2ccccc2)N2C[C@@H]1N(OS(=O)(=O)[O-])C2=O. The van der Waals surface area contributed by atoms with Crippen molar-refractivity contribution in [3.63, 3.8) is 0 Å². The maximum absolute atomic E-state index is 13.3. The van der Waals surface area contributed by atoms with E-state index in [4.69, 9.17) is 4.84 Å². The van der Waals surface area contributed by atoms with Gasteiger partial charge in [0, 0.05) is 11.6 Å². The number of pyridine rings is 1. The number of hydrogen-bond donors (Lipinski definition) is 1. The highest BCUT2D eigenvalue weighted by atomic mass is 32.3. The van der Waals surface area contributed by atoms with Crippen LogP contribution in [0, 0.1) is 6.92 Å². The van der Waals surface area contributed by atoms with E-state index in [-0.39, 0.29) is 18.5 Å². The van der Waals surface area contributed by atoms with Gasteiger partial charge in [-0.15, -0.1) is 0 Å². The number of urea groups is 1. The van der Waals surface area contributed by atoms with Crippen molar-refractivity contribution in [2.24, 2.45) is 0 Å². The molecule has 0 aliphatic carbocycles. The van der Waals surface area contributed by atoms with E-state index in [1.54, 1.807) is 20.0 Å². The second-order valence-electron chi connectivity index (χ2n) is 15.0. The van der Waals surface area contributed by atoms with Gasteiger partial charge in [-0.3, -0.25) is 9.59 Å². The molecule has 8 rings (SSSR count). The van der Waals surface area contributed by atoms with E-state index in [9.17, 15) is 27.4 Å². The highest BCUT2D eigenvalue weighted by molar-refractivity contribution is 7.98. The lowest BCUT2D eigenvalue weighted by atomic mass is 10.0. The lowest BCUT2D eigenvalue weighted by Crippen LogP contribution is -2.48. The number of aromatic nitrogens is 1. The number of nitrogens with one attached hydrogen (secondary N) is 1. The predicted molar refractivity (Wildman–Crippen MR) is 245 cm³/mol. The highest BCUT2D eigenvalue weighted by Gasteiger charge is 2.48. The molecule has 0 unspecified atom stereocenters. The predicted octanol–water partition coefficient (Wildman–Crippen LogP) is 6.33. The lowest BCUT2D eigenvalue weighted by Gasteiger charge is -2.28. The van der Waals surface area contributed by atoms with Crippen LogP contribution < -0.4 is 31.5 Å². The smallest absolute Gasteiger partial charge is 0.346 e. The Morgan fingerprint density at radius 2 is 1.27 bits per heavy atom. The van der Waals surface area contributed by atoms with Crippen molar-refractivity contribution in [2.45, 2.75) is 45.5 Å². The molecule has 3 heterocycles. The van der Waals surface area contributed by atoms with Crippen LogP contribution in [0.15, 0.2) is 192 Å². The molecule has 1 saturated heterocycles. The van der Waals surface area contributed by atoms with Crippen molar-refractivity contribution in [1.82, 2.24) is 20.0 Å². The van der Waals surface area contributed by atoms with Gasteiger partial charge in [0.05, 0.1) is 30.8 Å². The monoisotopic (exact) mass is 882 g/mol. The van der Waals surface area contributed by atoms with Gasteiger partial charge in [-0.05, 0) is 73.9 Å². The van der Waals surface area contributed by atoms with E-state index in [1.165, 1.54) is 32.8 Å². The van der Waals surface area contributed by atoms with Crippen LogP contribution >= 0.6 is 7.26 Å². The molecule has 1 fully saturated rings. The number of aryl methyl sites for hydroxylation is 1. The average Bonchev–Trinajstić information content (AvgIpc) is 3.57. The molecular weight excluding hydrogens is 836 g/mol. The summed E-state index contributed by atoms with van der Waals surface area (Å²) in [6.07, 6.45) is 4.73. The summed E-state index contributed by atoms with van der Waals surface area (Å²) in [5.41, 5.74) is 2.79. The molecule has 63 heavy (non-hydrogen) atoms. The summed E-state index contributed by atoms with van der Waals surface area (Å²) in [5, 5.41) is 7.39. The van der Waals surface area contributed by atoms with Crippen molar-refractivity contribution in [3.05, 3.63) is 220 Å². The van der Waals surface area contributed by atoms with Crippen molar-refractivity contribution in [1.29, 1.82) is 0 Å². The Kier molecular flexibility index (Phi) is 13.8. The standard InChI is InChI=1S/C28H28N4O8S.C21H20P/c1-18-13-23(30-17-24(18)32(28(30)35)40-41(36,37)38)27(34)29-15-22-14-25(33)19(2)16-31(22)39-26(20-9-5-3-6-10-20)21-11-7-4-8-12-21;1-2-18-22(19-12-6-3-7-13-19,20-14-8-4-9-15-20)21-16-10-5-11-17-21/h3-14,16,23-24,26H,15,17H2,1-2H3,(H,29,34)(H,36,37,38);2-18H,1H3/q;+1/p-1/b;18-2+/t23-,24-;/m0./s1. The van der Waals surface area contributed by atoms with Crippen molar-refractivity contribution in [3.8, 4) is 0 Å². The average molecular weight is 883 g/mol. The first kappa shape index (κ1) is 44.4. The summed E-state index contributed by atoms with van der Waals surface area (Å²) in [4.78, 5) is 46.1. The van der Waals surface area contributed by atoms with Crippen LogP contribution in [-0.2, 0) is 26.0 Å². The van der Waals surface area contributed by atoms with Gasteiger partial charge < -0.3 is 19.6 Å². The Bertz CT molecular complexity index is 2620. The third-order valence-corrected chi connectivity index (χ3v) is 15.2. The Labute approximate surface area is 367 Å². The number of hydrogen-bond acceptors (Lipinski definition) is 8. The van der Waals surface area contributed by atoms with Gasteiger partial charge >= 0.3 is 6.03 Å². The van der Waals surface area contributed by atoms with Gasteiger partial charge in [0.15, 0.2) is 11.5 Å². The highest BCUT2D eigenvalue weighted by Crippen LogP contribution is 2.56. The molecule has 1 aromatic heterocycles. The van der Waals surface area contributed by atoms with Crippen LogP contribution in [0.1, 0.15) is 42.3 Å². The number of nitrogens with zero attached hydrogens (tertiary/aromatic N) is 3. The quantitative estimate of drug-likeness (QED) is 0.0612. The number of benzene rings is 5. The van der Waals surface area contributed by atoms with Crippen LogP contribution in [0.25, 0.3) is 0 Å². The van der Waals surface area contributed by atoms with Gasteiger partial charge in [0.25, 0.3) is 0 Å². The van der Waals surface area contributed by atoms with Crippen molar-refractivity contribution < 1.29 is 31.7 Å². The van der Waals surface area contributed by atoms with Crippen LogP contribution in [0.2, 0.25) is 0 Å². The number of carbonyl (C=O) groups excluding carboxylic acids is 2. The zero-order chi connectivity index (χ0) is 44.6. The zero-order valence-corrected chi connectivity index (χ0v) is 36.6. The van der Waals surface area contributed by atoms with Crippen LogP contribution in [0.4, 0.5) is 4.79 Å². The summed E-state index contributed by atoms with van der Waals surface area (Å²) >= 11 is 0. The van der Waals surface area contributed by atoms with Crippen LogP contribution in [-0.4, -0.2) is 58.2 Å². The molecular formula is C49H47N4O8PS. The number of rotatable bonds is 13. The fourth-order valence-electron chi connectivity index (χ4n) is 7.77.